The summed E-state index contributed by atoms with van der Waals surface area (Å²) in [5.74, 6) is 6.03. The molecular weight excluding hydrogens is 344 g/mol. The van der Waals surface area contributed by atoms with E-state index in [0.717, 1.165) is 30.5 Å². The molecule has 1 amide bonds. The highest BCUT2D eigenvalue weighted by Crippen LogP contribution is 2.13. The Hall–Kier alpha value is -2.83. The van der Waals surface area contributed by atoms with Crippen LogP contribution in [-0.4, -0.2) is 25.2 Å². The van der Waals surface area contributed by atoms with Gasteiger partial charge in [0.1, 0.15) is 0 Å². The summed E-state index contributed by atoms with van der Waals surface area (Å²) in [6.45, 7) is 1.42. The topological polar surface area (TPSA) is 41.5 Å². The van der Waals surface area contributed by atoms with Gasteiger partial charge < -0.3 is 5.32 Å². The predicted molar refractivity (Wildman–Crippen MR) is 107 cm³/mol. The SMILES string of the molecule is O=C(NCCCC1=CCN=C1)c1cccc(C#Cc2ccccc2Cl)c1. The molecule has 2 aromatic carbocycles. The number of hydrogen-bond acceptors (Lipinski definition) is 2. The van der Waals surface area contributed by atoms with E-state index in [-0.39, 0.29) is 5.91 Å². The molecule has 0 spiro atoms. The predicted octanol–water partition coefficient (Wildman–Crippen LogP) is 4.26. The van der Waals surface area contributed by atoms with E-state index in [9.17, 15) is 4.79 Å². The van der Waals surface area contributed by atoms with Crippen molar-refractivity contribution in [2.24, 2.45) is 4.99 Å². The third kappa shape index (κ3) is 5.08. The molecule has 3 rings (SSSR count). The number of nitrogens with one attached hydrogen (secondary N) is 1. The molecule has 0 atom stereocenters. The Morgan fingerprint density at radius 1 is 1.15 bits per heavy atom. The van der Waals surface area contributed by atoms with E-state index in [4.69, 9.17) is 11.6 Å². The van der Waals surface area contributed by atoms with Gasteiger partial charge in [-0.15, -0.1) is 0 Å². The van der Waals surface area contributed by atoms with E-state index < -0.39 is 0 Å². The van der Waals surface area contributed by atoms with Gasteiger partial charge in [0.05, 0.1) is 11.6 Å². The fourth-order valence-corrected chi connectivity index (χ4v) is 2.78. The van der Waals surface area contributed by atoms with Gasteiger partial charge in [0.15, 0.2) is 0 Å². The second kappa shape index (κ2) is 9.03. The molecule has 1 N–H and O–H groups in total. The molecule has 4 heteroatoms. The van der Waals surface area contributed by atoms with Crippen LogP contribution in [0.25, 0.3) is 0 Å². The third-order valence-corrected chi connectivity index (χ3v) is 4.31. The van der Waals surface area contributed by atoms with Gasteiger partial charge in [0, 0.05) is 29.4 Å². The summed E-state index contributed by atoms with van der Waals surface area (Å²) in [6, 6.07) is 14.8. The summed E-state index contributed by atoms with van der Waals surface area (Å²) < 4.78 is 0. The lowest BCUT2D eigenvalue weighted by atomic mass is 10.1. The lowest BCUT2D eigenvalue weighted by Gasteiger charge is -2.05. The number of halogens is 1. The molecule has 1 aliphatic heterocycles. The number of rotatable bonds is 5. The Kier molecular flexibility index (Phi) is 6.24. The molecule has 0 bridgehead atoms. The quantitative estimate of drug-likeness (QED) is 0.626. The Morgan fingerprint density at radius 3 is 2.85 bits per heavy atom. The van der Waals surface area contributed by atoms with Crippen LogP contribution in [0.2, 0.25) is 5.02 Å². The number of aliphatic imine (C=N–C) groups is 1. The van der Waals surface area contributed by atoms with Gasteiger partial charge in [-0.25, -0.2) is 0 Å². The molecule has 0 fully saturated rings. The van der Waals surface area contributed by atoms with Crippen LogP contribution < -0.4 is 5.32 Å². The lowest BCUT2D eigenvalue weighted by Crippen LogP contribution is -2.24. The van der Waals surface area contributed by atoms with E-state index >= 15 is 0 Å². The summed E-state index contributed by atoms with van der Waals surface area (Å²) in [7, 11) is 0. The number of hydrogen-bond donors (Lipinski definition) is 1. The average molecular weight is 363 g/mol. The number of benzene rings is 2. The van der Waals surface area contributed by atoms with Crippen LogP contribution in [0.5, 0.6) is 0 Å². The van der Waals surface area contributed by atoms with Crippen molar-refractivity contribution in [2.45, 2.75) is 12.8 Å². The van der Waals surface area contributed by atoms with Crippen LogP contribution in [0.15, 0.2) is 65.2 Å². The van der Waals surface area contributed by atoms with Crippen molar-refractivity contribution in [3.63, 3.8) is 0 Å². The van der Waals surface area contributed by atoms with E-state index in [0.29, 0.717) is 17.1 Å². The molecule has 0 unspecified atom stereocenters. The lowest BCUT2D eigenvalue weighted by molar-refractivity contribution is 0.0953. The standard InChI is InChI=1S/C22H19ClN2O/c23-21-9-2-1-7-19(21)11-10-17-5-3-8-20(15-17)22(26)25-13-4-6-18-12-14-24-16-18/h1-3,5,7-9,12,15-16H,4,6,13-14H2,(H,25,26). The van der Waals surface area contributed by atoms with Crippen molar-refractivity contribution in [1.82, 2.24) is 5.32 Å². The molecule has 130 valence electrons. The molecule has 0 saturated carbocycles. The van der Waals surface area contributed by atoms with Gasteiger partial charge in [-0.05, 0) is 48.7 Å². The monoisotopic (exact) mass is 362 g/mol. The first kappa shape index (κ1) is 18.0. The van der Waals surface area contributed by atoms with Crippen LogP contribution in [0.1, 0.15) is 34.3 Å². The minimum absolute atomic E-state index is 0.0829. The molecule has 26 heavy (non-hydrogen) atoms. The van der Waals surface area contributed by atoms with E-state index in [1.807, 2.05) is 42.6 Å². The summed E-state index contributed by atoms with van der Waals surface area (Å²) in [5.41, 5.74) is 3.41. The fraction of sp³-hybridized carbons (Fsp3) is 0.182. The molecular formula is C22H19ClN2O. The van der Waals surface area contributed by atoms with E-state index in [1.165, 1.54) is 5.57 Å². The van der Waals surface area contributed by atoms with Crippen LogP contribution >= 0.6 is 11.6 Å². The summed E-state index contributed by atoms with van der Waals surface area (Å²) >= 11 is 6.11. The maximum atomic E-state index is 12.3. The molecule has 2 aromatic rings. The van der Waals surface area contributed by atoms with Crippen molar-refractivity contribution >= 4 is 23.7 Å². The molecule has 1 heterocycles. The van der Waals surface area contributed by atoms with Crippen molar-refractivity contribution in [3.8, 4) is 11.8 Å². The minimum Gasteiger partial charge on any atom is -0.352 e. The van der Waals surface area contributed by atoms with E-state index in [2.05, 4.69) is 28.2 Å². The number of carbonyl (C=O) groups excluding carboxylic acids is 1. The molecule has 0 radical (unpaired) electrons. The molecule has 3 nitrogen and oxygen atoms in total. The summed E-state index contributed by atoms with van der Waals surface area (Å²) in [4.78, 5) is 16.5. The zero-order valence-corrected chi connectivity index (χ0v) is 15.1. The average Bonchev–Trinajstić information content (AvgIpc) is 3.18. The number of carbonyl (C=O) groups is 1. The van der Waals surface area contributed by atoms with Crippen molar-refractivity contribution in [1.29, 1.82) is 0 Å². The maximum Gasteiger partial charge on any atom is 0.251 e. The second-order valence-corrected chi connectivity index (χ2v) is 6.35. The number of amides is 1. The number of nitrogens with zero attached hydrogens (tertiary/aromatic N) is 1. The van der Waals surface area contributed by atoms with Crippen molar-refractivity contribution in [3.05, 3.63) is 81.9 Å². The smallest absolute Gasteiger partial charge is 0.251 e. The Morgan fingerprint density at radius 2 is 2.04 bits per heavy atom. The van der Waals surface area contributed by atoms with Gasteiger partial charge >= 0.3 is 0 Å². The first-order valence-corrected chi connectivity index (χ1v) is 8.94. The van der Waals surface area contributed by atoms with Crippen molar-refractivity contribution < 1.29 is 4.79 Å². The zero-order chi connectivity index (χ0) is 18.2. The summed E-state index contributed by atoms with van der Waals surface area (Å²) in [5, 5.41) is 3.57. The van der Waals surface area contributed by atoms with Crippen molar-refractivity contribution in [2.75, 3.05) is 13.1 Å². The highest BCUT2D eigenvalue weighted by Gasteiger charge is 2.06. The highest BCUT2D eigenvalue weighted by atomic mass is 35.5. The fourth-order valence-electron chi connectivity index (χ4n) is 2.60. The molecule has 0 aliphatic carbocycles. The Balaban J connectivity index is 1.57. The maximum absolute atomic E-state index is 12.3. The highest BCUT2D eigenvalue weighted by molar-refractivity contribution is 6.31. The van der Waals surface area contributed by atoms with Crippen LogP contribution in [-0.2, 0) is 0 Å². The second-order valence-electron chi connectivity index (χ2n) is 5.94. The third-order valence-electron chi connectivity index (χ3n) is 3.98. The van der Waals surface area contributed by atoms with Crippen LogP contribution in [0.3, 0.4) is 0 Å². The van der Waals surface area contributed by atoms with Gasteiger partial charge in [-0.2, -0.15) is 0 Å². The minimum atomic E-state index is -0.0829. The van der Waals surface area contributed by atoms with Gasteiger partial charge in [-0.3, -0.25) is 9.79 Å². The Labute approximate surface area is 158 Å². The van der Waals surface area contributed by atoms with Gasteiger partial charge in [-0.1, -0.05) is 47.7 Å². The normalized spacial score (nSPS) is 12.3. The van der Waals surface area contributed by atoms with Crippen LogP contribution in [0, 0.1) is 11.8 Å². The number of allylic oxidation sites excluding steroid dienone is 1. The van der Waals surface area contributed by atoms with E-state index in [1.54, 1.807) is 12.1 Å². The largest absolute Gasteiger partial charge is 0.352 e. The molecule has 0 aromatic heterocycles. The summed E-state index contributed by atoms with van der Waals surface area (Å²) in [6.07, 6.45) is 5.86. The zero-order valence-electron chi connectivity index (χ0n) is 14.3. The molecule has 0 saturated heterocycles. The van der Waals surface area contributed by atoms with Gasteiger partial charge in [0.2, 0.25) is 0 Å². The van der Waals surface area contributed by atoms with Crippen LogP contribution in [0.4, 0.5) is 0 Å². The molecule has 1 aliphatic rings. The Bertz CT molecular complexity index is 919. The van der Waals surface area contributed by atoms with Gasteiger partial charge in [0.25, 0.3) is 5.91 Å². The first-order valence-electron chi connectivity index (χ1n) is 8.56. The first-order chi connectivity index (χ1) is 12.7.